The van der Waals surface area contributed by atoms with E-state index in [0.29, 0.717) is 28.8 Å². The van der Waals surface area contributed by atoms with Gasteiger partial charge in [0.25, 0.3) is 0 Å². The van der Waals surface area contributed by atoms with Crippen molar-refractivity contribution in [1.29, 1.82) is 0 Å². The fraction of sp³-hybridized carbons (Fsp3) is 0.462. The topological polar surface area (TPSA) is 49.4 Å². The molecule has 0 aliphatic carbocycles. The summed E-state index contributed by atoms with van der Waals surface area (Å²) in [4.78, 5) is 27.7. The normalized spacial score (nSPS) is 13.0. The average Bonchev–Trinajstić information content (AvgIpc) is 2.77. The summed E-state index contributed by atoms with van der Waals surface area (Å²) in [5.41, 5.74) is 3.21. The lowest BCUT2D eigenvalue weighted by molar-refractivity contribution is -0.140. The molecule has 0 unspecified atom stereocenters. The lowest BCUT2D eigenvalue weighted by Crippen LogP contribution is -2.49. The molecule has 2 amide bonds. The molecule has 0 saturated carbocycles. The van der Waals surface area contributed by atoms with E-state index in [1.165, 1.54) is 5.56 Å². The van der Waals surface area contributed by atoms with E-state index >= 15 is 0 Å². The molecular weight excluding hydrogens is 443 g/mol. The summed E-state index contributed by atoms with van der Waals surface area (Å²) >= 11 is 12.2. The Morgan fingerprint density at radius 3 is 2.12 bits per heavy atom. The van der Waals surface area contributed by atoms with E-state index in [1.807, 2.05) is 19.9 Å². The molecule has 6 heteroatoms. The Morgan fingerprint density at radius 2 is 1.56 bits per heavy atom. The highest BCUT2D eigenvalue weighted by atomic mass is 35.5. The zero-order valence-electron chi connectivity index (χ0n) is 19.6. The molecule has 0 spiro atoms. The summed E-state index contributed by atoms with van der Waals surface area (Å²) in [6.45, 7) is 10.3. The summed E-state index contributed by atoms with van der Waals surface area (Å²) < 4.78 is 0. The molecule has 2 aromatic rings. The van der Waals surface area contributed by atoms with Crippen LogP contribution >= 0.6 is 23.2 Å². The van der Waals surface area contributed by atoms with Crippen LogP contribution in [-0.4, -0.2) is 28.8 Å². The highest BCUT2D eigenvalue weighted by molar-refractivity contribution is 6.42. The van der Waals surface area contributed by atoms with Gasteiger partial charge in [0.15, 0.2) is 0 Å². The van der Waals surface area contributed by atoms with Gasteiger partial charge in [-0.25, -0.2) is 0 Å². The van der Waals surface area contributed by atoms with Gasteiger partial charge in [0.2, 0.25) is 11.8 Å². The van der Waals surface area contributed by atoms with Gasteiger partial charge in [-0.05, 0) is 61.4 Å². The summed E-state index contributed by atoms with van der Waals surface area (Å²) in [7, 11) is 0. The average molecular weight is 477 g/mol. The van der Waals surface area contributed by atoms with Crippen LogP contribution < -0.4 is 5.32 Å². The summed E-state index contributed by atoms with van der Waals surface area (Å²) in [6, 6.07) is 13.1. The van der Waals surface area contributed by atoms with E-state index in [-0.39, 0.29) is 24.4 Å². The SMILES string of the molecule is CC[C@H](C)NC(=O)[C@@H](C)N(Cc1ccc(Cl)c(Cl)c1)C(=O)CCc1ccc(C(C)C)cc1. The number of carbonyl (C=O) groups is 2. The smallest absolute Gasteiger partial charge is 0.242 e. The second-order valence-corrected chi connectivity index (χ2v) is 9.47. The van der Waals surface area contributed by atoms with Crippen molar-refractivity contribution < 1.29 is 9.59 Å². The number of nitrogens with one attached hydrogen (secondary N) is 1. The molecule has 1 N–H and O–H groups in total. The Hall–Kier alpha value is -2.04. The van der Waals surface area contributed by atoms with Crippen LogP contribution in [0.4, 0.5) is 0 Å². The number of amides is 2. The Bertz CT molecular complexity index is 913. The van der Waals surface area contributed by atoms with Gasteiger partial charge in [-0.3, -0.25) is 9.59 Å². The Labute approximate surface area is 202 Å². The highest BCUT2D eigenvalue weighted by Gasteiger charge is 2.26. The van der Waals surface area contributed by atoms with E-state index < -0.39 is 6.04 Å². The predicted molar refractivity (Wildman–Crippen MR) is 133 cm³/mol. The van der Waals surface area contributed by atoms with Crippen LogP contribution in [0, 0.1) is 0 Å². The molecule has 2 aromatic carbocycles. The number of rotatable bonds is 10. The predicted octanol–water partition coefficient (Wildman–Crippen LogP) is 6.38. The van der Waals surface area contributed by atoms with Crippen LogP contribution in [0.25, 0.3) is 0 Å². The first kappa shape index (κ1) is 26.2. The molecule has 174 valence electrons. The van der Waals surface area contributed by atoms with Crippen molar-refractivity contribution in [1.82, 2.24) is 10.2 Å². The molecule has 0 fully saturated rings. The number of benzene rings is 2. The number of nitrogens with zero attached hydrogens (tertiary/aromatic N) is 1. The lowest BCUT2D eigenvalue weighted by Gasteiger charge is -2.30. The fourth-order valence-corrected chi connectivity index (χ4v) is 3.67. The van der Waals surface area contributed by atoms with Crippen molar-refractivity contribution in [2.75, 3.05) is 0 Å². The molecule has 32 heavy (non-hydrogen) atoms. The van der Waals surface area contributed by atoms with Crippen molar-refractivity contribution in [3.8, 4) is 0 Å². The second-order valence-electron chi connectivity index (χ2n) is 8.66. The fourth-order valence-electron chi connectivity index (χ4n) is 3.35. The maximum Gasteiger partial charge on any atom is 0.242 e. The van der Waals surface area contributed by atoms with Gasteiger partial charge in [-0.2, -0.15) is 0 Å². The molecule has 0 aromatic heterocycles. The third kappa shape index (κ3) is 7.53. The van der Waals surface area contributed by atoms with Gasteiger partial charge in [-0.1, -0.05) is 74.3 Å². The molecule has 2 atom stereocenters. The van der Waals surface area contributed by atoms with Gasteiger partial charge in [0, 0.05) is 19.0 Å². The lowest BCUT2D eigenvalue weighted by atomic mass is 10.00. The van der Waals surface area contributed by atoms with Crippen molar-refractivity contribution in [3.05, 3.63) is 69.2 Å². The van der Waals surface area contributed by atoms with Crippen LogP contribution in [0.5, 0.6) is 0 Å². The molecule has 0 bridgehead atoms. The van der Waals surface area contributed by atoms with Gasteiger partial charge in [0.1, 0.15) is 6.04 Å². The largest absolute Gasteiger partial charge is 0.352 e. The minimum atomic E-state index is -0.603. The molecule has 0 radical (unpaired) electrons. The quantitative estimate of drug-likeness (QED) is 0.432. The first-order valence-corrected chi connectivity index (χ1v) is 12.0. The van der Waals surface area contributed by atoms with Crippen LogP contribution in [0.2, 0.25) is 10.0 Å². The number of carbonyl (C=O) groups excluding carboxylic acids is 2. The number of hydrogen-bond donors (Lipinski definition) is 1. The number of hydrogen-bond acceptors (Lipinski definition) is 2. The third-order valence-electron chi connectivity index (χ3n) is 5.78. The van der Waals surface area contributed by atoms with Crippen molar-refractivity contribution >= 4 is 35.0 Å². The summed E-state index contributed by atoms with van der Waals surface area (Å²) in [5.74, 6) is 0.238. The number of aryl methyl sites for hydroxylation is 1. The summed E-state index contributed by atoms with van der Waals surface area (Å²) in [5, 5.41) is 3.87. The van der Waals surface area contributed by atoms with Gasteiger partial charge in [-0.15, -0.1) is 0 Å². The minimum Gasteiger partial charge on any atom is -0.352 e. The van der Waals surface area contributed by atoms with Crippen LogP contribution in [0.15, 0.2) is 42.5 Å². The molecular formula is C26H34Cl2N2O2. The standard InChI is InChI=1S/C26H34Cl2N2O2/c1-6-18(4)29-26(32)19(5)30(16-21-9-13-23(27)24(28)15-21)25(31)14-10-20-7-11-22(12-8-20)17(2)3/h7-9,11-13,15,17-19H,6,10,14,16H2,1-5H3,(H,29,32)/t18-,19+/m0/s1. The number of halogens is 2. The molecule has 0 saturated heterocycles. The minimum absolute atomic E-state index is 0.0475. The second kappa shape index (κ2) is 12.3. The van der Waals surface area contributed by atoms with Crippen LogP contribution in [0.1, 0.15) is 70.1 Å². The molecule has 0 aliphatic rings. The van der Waals surface area contributed by atoms with Crippen LogP contribution in [-0.2, 0) is 22.6 Å². The highest BCUT2D eigenvalue weighted by Crippen LogP contribution is 2.24. The molecule has 0 aliphatic heterocycles. The zero-order valence-corrected chi connectivity index (χ0v) is 21.1. The van der Waals surface area contributed by atoms with Gasteiger partial charge in [0.05, 0.1) is 10.0 Å². The Balaban J connectivity index is 2.16. The maximum absolute atomic E-state index is 13.2. The van der Waals surface area contributed by atoms with E-state index in [9.17, 15) is 9.59 Å². The van der Waals surface area contributed by atoms with E-state index in [2.05, 4.69) is 43.4 Å². The van der Waals surface area contributed by atoms with E-state index in [4.69, 9.17) is 23.2 Å². The van der Waals surface area contributed by atoms with E-state index in [0.717, 1.165) is 17.5 Å². The maximum atomic E-state index is 13.2. The Kier molecular flexibility index (Phi) is 10.0. The first-order chi connectivity index (χ1) is 15.1. The van der Waals surface area contributed by atoms with Crippen molar-refractivity contribution in [2.45, 2.75) is 78.4 Å². The first-order valence-electron chi connectivity index (χ1n) is 11.2. The zero-order chi connectivity index (χ0) is 23.8. The monoisotopic (exact) mass is 476 g/mol. The van der Waals surface area contributed by atoms with Crippen LogP contribution in [0.3, 0.4) is 0 Å². The molecule has 2 rings (SSSR count). The molecule has 4 nitrogen and oxygen atoms in total. The third-order valence-corrected chi connectivity index (χ3v) is 6.52. The van der Waals surface area contributed by atoms with Crippen molar-refractivity contribution in [2.24, 2.45) is 0 Å². The van der Waals surface area contributed by atoms with E-state index in [1.54, 1.807) is 24.0 Å². The Morgan fingerprint density at radius 1 is 0.938 bits per heavy atom. The van der Waals surface area contributed by atoms with Gasteiger partial charge >= 0.3 is 0 Å². The van der Waals surface area contributed by atoms with Gasteiger partial charge < -0.3 is 10.2 Å². The molecule has 0 heterocycles. The summed E-state index contributed by atoms with van der Waals surface area (Å²) in [6.07, 6.45) is 1.77. The van der Waals surface area contributed by atoms with Crippen molar-refractivity contribution in [3.63, 3.8) is 0 Å².